The summed E-state index contributed by atoms with van der Waals surface area (Å²) >= 11 is 3.16. The molecule has 0 aromatic heterocycles. The molecule has 0 aliphatic carbocycles. The summed E-state index contributed by atoms with van der Waals surface area (Å²) in [6.45, 7) is 1.92. The van der Waals surface area contributed by atoms with Gasteiger partial charge in [0.1, 0.15) is 0 Å². The Hall–Kier alpha value is -1.16. The minimum absolute atomic E-state index is 0.0257. The van der Waals surface area contributed by atoms with Crippen molar-refractivity contribution in [1.29, 1.82) is 0 Å². The highest BCUT2D eigenvalue weighted by atomic mass is 79.9. The summed E-state index contributed by atoms with van der Waals surface area (Å²) in [7, 11) is 0. The van der Waals surface area contributed by atoms with Crippen molar-refractivity contribution in [3.63, 3.8) is 0 Å². The third kappa shape index (κ3) is 2.57. The van der Waals surface area contributed by atoms with Gasteiger partial charge in [-0.05, 0) is 36.6 Å². The first-order chi connectivity index (χ1) is 8.11. The van der Waals surface area contributed by atoms with E-state index < -0.39 is 0 Å². The number of amides is 1. The Morgan fingerprint density at radius 3 is 3.00 bits per heavy atom. The van der Waals surface area contributed by atoms with Crippen LogP contribution in [0.5, 0.6) is 0 Å². The number of hydrogen-bond acceptors (Lipinski definition) is 2. The minimum Gasteiger partial charge on any atom is -0.326 e. The number of benzene rings is 1. The van der Waals surface area contributed by atoms with Crippen molar-refractivity contribution >= 4 is 33.3 Å². The van der Waals surface area contributed by atoms with Crippen LogP contribution >= 0.6 is 15.9 Å². The molecule has 0 saturated heterocycles. The molecule has 0 radical (unpaired) electrons. The maximum absolute atomic E-state index is 11.7. The second-order valence-electron chi connectivity index (χ2n) is 4.36. The van der Waals surface area contributed by atoms with Crippen molar-refractivity contribution in [2.45, 2.75) is 19.8 Å². The fourth-order valence-electron chi connectivity index (χ4n) is 1.93. The van der Waals surface area contributed by atoms with E-state index in [1.165, 1.54) is 0 Å². The maximum atomic E-state index is 11.7. The molecular formula is C13H14BrNO2. The lowest BCUT2D eigenvalue weighted by Gasteiger charge is -2.08. The summed E-state index contributed by atoms with van der Waals surface area (Å²) in [6.07, 6.45) is 1.66. The molecule has 1 aromatic rings. The number of alkyl halides is 1. The second-order valence-corrected chi connectivity index (χ2v) is 4.92. The minimum atomic E-state index is 0.0257. The lowest BCUT2D eigenvalue weighted by atomic mass is 10.00. The summed E-state index contributed by atoms with van der Waals surface area (Å²) in [5.74, 6) is 0.150. The summed E-state index contributed by atoms with van der Waals surface area (Å²) in [5, 5.41) is 3.22. The smallest absolute Gasteiger partial charge is 0.227 e. The zero-order valence-electron chi connectivity index (χ0n) is 9.63. The monoisotopic (exact) mass is 295 g/mol. The van der Waals surface area contributed by atoms with E-state index in [9.17, 15) is 9.59 Å². The molecule has 0 bridgehead atoms. The molecule has 1 N–H and O–H groups in total. The zero-order valence-corrected chi connectivity index (χ0v) is 11.2. The van der Waals surface area contributed by atoms with Gasteiger partial charge < -0.3 is 5.32 Å². The van der Waals surface area contributed by atoms with Crippen LogP contribution in [0.25, 0.3) is 0 Å². The van der Waals surface area contributed by atoms with Crippen LogP contribution in [-0.4, -0.2) is 17.0 Å². The molecule has 0 spiro atoms. The molecule has 1 amide bonds. The van der Waals surface area contributed by atoms with Crippen LogP contribution in [0, 0.1) is 5.92 Å². The van der Waals surface area contributed by atoms with Crippen LogP contribution in [0.15, 0.2) is 18.2 Å². The number of Topliss-reactive ketones (excluding diaryl/α,β-unsaturated/α-hetero) is 1. The second kappa shape index (κ2) is 5.00. The molecule has 3 nitrogen and oxygen atoms in total. The van der Waals surface area contributed by atoms with Crippen LogP contribution < -0.4 is 5.32 Å². The number of ketones is 1. The Morgan fingerprint density at radius 2 is 2.29 bits per heavy atom. The molecule has 1 aliphatic heterocycles. The van der Waals surface area contributed by atoms with Crippen LogP contribution in [-0.2, 0) is 11.2 Å². The first-order valence-corrected chi connectivity index (χ1v) is 6.77. The molecule has 1 aromatic carbocycles. The molecule has 17 heavy (non-hydrogen) atoms. The zero-order chi connectivity index (χ0) is 12.4. The van der Waals surface area contributed by atoms with E-state index in [-0.39, 0.29) is 17.6 Å². The van der Waals surface area contributed by atoms with Gasteiger partial charge >= 0.3 is 0 Å². The number of anilines is 1. The standard InChI is InChI=1S/C13H14BrNO2/c1-8-2-3-9-6-10(12(16)7-14)4-5-11(9)15-13(8)17/h4-6,8H,2-3,7H2,1H3,(H,15,17). The predicted molar refractivity (Wildman–Crippen MR) is 70.7 cm³/mol. The molecule has 1 heterocycles. The quantitative estimate of drug-likeness (QED) is 0.674. The fraction of sp³-hybridized carbons (Fsp3) is 0.385. The number of fused-ring (bicyclic) bond motifs is 1. The van der Waals surface area contributed by atoms with Crippen LogP contribution in [0.4, 0.5) is 5.69 Å². The Bertz CT molecular complexity index is 470. The molecule has 90 valence electrons. The van der Waals surface area contributed by atoms with E-state index >= 15 is 0 Å². The van der Waals surface area contributed by atoms with Gasteiger partial charge in [-0.3, -0.25) is 9.59 Å². The number of nitrogens with one attached hydrogen (secondary N) is 1. The fourth-order valence-corrected chi connectivity index (χ4v) is 2.26. The van der Waals surface area contributed by atoms with E-state index in [1.54, 1.807) is 6.07 Å². The average molecular weight is 296 g/mol. The third-order valence-electron chi connectivity index (χ3n) is 3.10. The maximum Gasteiger partial charge on any atom is 0.227 e. The van der Waals surface area contributed by atoms with Crippen molar-refractivity contribution in [2.75, 3.05) is 10.6 Å². The largest absolute Gasteiger partial charge is 0.326 e. The van der Waals surface area contributed by atoms with E-state index in [4.69, 9.17) is 0 Å². The van der Waals surface area contributed by atoms with Gasteiger partial charge in [-0.1, -0.05) is 22.9 Å². The lowest BCUT2D eigenvalue weighted by Crippen LogP contribution is -2.18. The molecule has 0 fully saturated rings. The number of aryl methyl sites for hydroxylation is 1. The Balaban J connectivity index is 2.34. The number of halogens is 1. The third-order valence-corrected chi connectivity index (χ3v) is 3.61. The Labute approximate surface area is 109 Å². The van der Waals surface area contributed by atoms with Crippen molar-refractivity contribution in [3.8, 4) is 0 Å². The number of rotatable bonds is 2. The van der Waals surface area contributed by atoms with E-state index in [0.717, 1.165) is 24.1 Å². The topological polar surface area (TPSA) is 46.2 Å². The molecule has 1 atom stereocenters. The highest BCUT2D eigenvalue weighted by molar-refractivity contribution is 9.09. The molecule has 1 unspecified atom stereocenters. The van der Waals surface area contributed by atoms with Gasteiger partial charge in [-0.2, -0.15) is 0 Å². The van der Waals surface area contributed by atoms with Gasteiger partial charge in [0.2, 0.25) is 5.91 Å². The first kappa shape index (κ1) is 12.3. The number of carbonyl (C=O) groups excluding carboxylic acids is 2. The normalized spacial score (nSPS) is 19.2. The molecular weight excluding hydrogens is 282 g/mol. The van der Waals surface area contributed by atoms with E-state index in [2.05, 4.69) is 21.2 Å². The number of carbonyl (C=O) groups is 2. The Kier molecular flexibility index (Phi) is 3.62. The molecule has 0 saturated carbocycles. The molecule has 4 heteroatoms. The van der Waals surface area contributed by atoms with Crippen molar-refractivity contribution in [1.82, 2.24) is 0 Å². The van der Waals surface area contributed by atoms with Gasteiger partial charge in [-0.15, -0.1) is 0 Å². The molecule has 2 rings (SSSR count). The van der Waals surface area contributed by atoms with E-state index in [0.29, 0.717) is 10.9 Å². The van der Waals surface area contributed by atoms with Crippen LogP contribution in [0.1, 0.15) is 29.3 Å². The van der Waals surface area contributed by atoms with Gasteiger partial charge in [0.15, 0.2) is 5.78 Å². The SMILES string of the molecule is CC1CCc2cc(C(=O)CBr)ccc2NC1=O. The van der Waals surface area contributed by atoms with Crippen molar-refractivity contribution < 1.29 is 9.59 Å². The predicted octanol–water partition coefficient (Wildman–Crippen LogP) is 2.79. The lowest BCUT2D eigenvalue weighted by molar-refractivity contribution is -0.119. The summed E-state index contributed by atoms with van der Waals surface area (Å²) in [6, 6.07) is 5.47. The summed E-state index contributed by atoms with van der Waals surface area (Å²) < 4.78 is 0. The first-order valence-electron chi connectivity index (χ1n) is 5.64. The van der Waals surface area contributed by atoms with Crippen molar-refractivity contribution in [2.24, 2.45) is 5.92 Å². The van der Waals surface area contributed by atoms with Gasteiger partial charge in [0, 0.05) is 17.2 Å². The Morgan fingerprint density at radius 1 is 1.53 bits per heavy atom. The molecule has 1 aliphatic rings. The highest BCUT2D eigenvalue weighted by Crippen LogP contribution is 2.25. The van der Waals surface area contributed by atoms with Crippen LogP contribution in [0.2, 0.25) is 0 Å². The summed E-state index contributed by atoms with van der Waals surface area (Å²) in [4.78, 5) is 23.2. The summed E-state index contributed by atoms with van der Waals surface area (Å²) in [5.41, 5.74) is 2.59. The van der Waals surface area contributed by atoms with E-state index in [1.807, 2.05) is 19.1 Å². The van der Waals surface area contributed by atoms with Gasteiger partial charge in [-0.25, -0.2) is 0 Å². The average Bonchev–Trinajstić information content (AvgIpc) is 2.48. The van der Waals surface area contributed by atoms with Crippen molar-refractivity contribution in [3.05, 3.63) is 29.3 Å². The van der Waals surface area contributed by atoms with Gasteiger partial charge in [0.25, 0.3) is 0 Å². The number of hydrogen-bond donors (Lipinski definition) is 1. The highest BCUT2D eigenvalue weighted by Gasteiger charge is 2.20. The van der Waals surface area contributed by atoms with Gasteiger partial charge in [0.05, 0.1) is 5.33 Å². The van der Waals surface area contributed by atoms with Crippen LogP contribution in [0.3, 0.4) is 0 Å².